The van der Waals surface area contributed by atoms with E-state index in [1.807, 2.05) is 0 Å². The minimum atomic E-state index is -3.48. The van der Waals surface area contributed by atoms with Crippen LogP contribution in [-0.4, -0.2) is 50.5 Å². The maximum Gasteiger partial charge on any atom is 0.308 e. The Morgan fingerprint density at radius 2 is 1.85 bits per heavy atom. The van der Waals surface area contributed by atoms with Gasteiger partial charge in [-0.3, -0.25) is 15.4 Å². The minimum Gasteiger partial charge on any atom is -0.379 e. The lowest BCUT2D eigenvalue weighted by atomic mass is 10.1. The largest absolute Gasteiger partial charge is 0.379 e. The number of nitrogens with one attached hydrogen (secondary N) is 2. The predicted octanol–water partition coefficient (Wildman–Crippen LogP) is 1.08. The molecule has 10 heteroatoms. The van der Waals surface area contributed by atoms with Gasteiger partial charge in [0.2, 0.25) is 10.0 Å². The molecule has 1 saturated heterocycles. The summed E-state index contributed by atoms with van der Waals surface area (Å²) in [4.78, 5) is 13.3. The molecule has 0 spiro atoms. The quantitative estimate of drug-likeness (QED) is 0.556. The Hall–Kier alpha value is -2.56. The Kier molecular flexibility index (Phi) is 5.99. The second-order valence-electron chi connectivity index (χ2n) is 6.05. The molecule has 3 rings (SSSR count). The summed E-state index contributed by atoms with van der Waals surface area (Å²) in [5.74, 6) is 0.673. The zero-order valence-electron chi connectivity index (χ0n) is 14.6. The van der Waals surface area contributed by atoms with E-state index < -0.39 is 14.9 Å². The van der Waals surface area contributed by atoms with Crippen molar-refractivity contribution >= 4 is 21.5 Å². The third kappa shape index (κ3) is 4.79. The molecule has 1 aliphatic rings. The first-order valence-corrected chi connectivity index (χ1v) is 9.98. The molecule has 0 aliphatic carbocycles. The van der Waals surface area contributed by atoms with E-state index in [0.717, 1.165) is 5.56 Å². The van der Waals surface area contributed by atoms with Crippen LogP contribution >= 0.6 is 0 Å². The van der Waals surface area contributed by atoms with Gasteiger partial charge in [0, 0.05) is 31.6 Å². The van der Waals surface area contributed by atoms with Crippen LogP contribution in [0.5, 0.6) is 0 Å². The monoisotopic (exact) mass is 393 g/mol. The summed E-state index contributed by atoms with van der Waals surface area (Å²) >= 11 is 0. The normalized spacial score (nSPS) is 15.4. The maximum absolute atomic E-state index is 12.6. The molecular weight excluding hydrogens is 372 g/mol. The van der Waals surface area contributed by atoms with Crippen LogP contribution in [0.4, 0.5) is 11.5 Å². The Bertz CT molecular complexity index is 879. The fourth-order valence-corrected chi connectivity index (χ4v) is 4.15. The summed E-state index contributed by atoms with van der Waals surface area (Å²) < 4.78 is 31.8. The molecule has 0 bridgehead atoms. The molecule has 1 fully saturated rings. The molecule has 144 valence electrons. The summed E-state index contributed by atoms with van der Waals surface area (Å²) in [6.07, 6.45) is 2.01. The van der Waals surface area contributed by atoms with Crippen molar-refractivity contribution in [3.8, 4) is 0 Å². The number of nitrogens with zero attached hydrogens (tertiary/aromatic N) is 2. The van der Waals surface area contributed by atoms with Gasteiger partial charge >= 0.3 is 5.69 Å². The van der Waals surface area contributed by atoms with Gasteiger partial charge in [0.05, 0.1) is 29.6 Å². The van der Waals surface area contributed by atoms with Gasteiger partial charge in [-0.05, 0) is 17.7 Å². The van der Waals surface area contributed by atoms with Crippen LogP contribution < -0.4 is 10.3 Å². The SMILES string of the molecule is O=[N+]([O-])c1ccc(NCCc2ccc(S(=O)(=O)N3CCOCC3)cc2)[nH+]c1. The molecule has 0 radical (unpaired) electrons. The van der Waals surface area contributed by atoms with Crippen LogP contribution in [-0.2, 0) is 21.2 Å². The number of sulfonamides is 1. The minimum absolute atomic E-state index is 0.00221. The van der Waals surface area contributed by atoms with E-state index in [4.69, 9.17) is 4.74 Å². The molecule has 2 N–H and O–H groups in total. The fourth-order valence-electron chi connectivity index (χ4n) is 2.75. The number of hydrogen-bond acceptors (Lipinski definition) is 6. The van der Waals surface area contributed by atoms with E-state index in [-0.39, 0.29) is 10.6 Å². The Morgan fingerprint density at radius 3 is 2.44 bits per heavy atom. The number of H-pyrrole nitrogens is 1. The number of anilines is 1. The van der Waals surface area contributed by atoms with E-state index in [1.54, 1.807) is 30.3 Å². The summed E-state index contributed by atoms with van der Waals surface area (Å²) in [7, 11) is -3.48. The Balaban J connectivity index is 1.55. The highest BCUT2D eigenvalue weighted by Gasteiger charge is 2.26. The first-order chi connectivity index (χ1) is 13.0. The molecule has 0 saturated carbocycles. The Labute approximate surface area is 157 Å². The number of morpholine rings is 1. The average molecular weight is 393 g/mol. The van der Waals surface area contributed by atoms with E-state index >= 15 is 0 Å². The molecule has 27 heavy (non-hydrogen) atoms. The Morgan fingerprint density at radius 1 is 1.15 bits per heavy atom. The third-order valence-electron chi connectivity index (χ3n) is 4.27. The van der Waals surface area contributed by atoms with Gasteiger partial charge < -0.3 is 4.74 Å². The van der Waals surface area contributed by atoms with Crippen LogP contribution in [0.1, 0.15) is 5.56 Å². The van der Waals surface area contributed by atoms with Gasteiger partial charge in [-0.25, -0.2) is 13.4 Å². The van der Waals surface area contributed by atoms with E-state index in [1.165, 1.54) is 16.6 Å². The molecule has 2 aromatic rings. The van der Waals surface area contributed by atoms with E-state index in [0.29, 0.717) is 45.1 Å². The first kappa shape index (κ1) is 19.2. The highest BCUT2D eigenvalue weighted by molar-refractivity contribution is 7.89. The van der Waals surface area contributed by atoms with Crippen LogP contribution in [0.15, 0.2) is 47.5 Å². The fraction of sp³-hybridized carbons (Fsp3) is 0.353. The highest BCUT2D eigenvalue weighted by Crippen LogP contribution is 2.18. The lowest BCUT2D eigenvalue weighted by Crippen LogP contribution is -2.40. The van der Waals surface area contributed by atoms with Crippen molar-refractivity contribution in [3.05, 3.63) is 58.3 Å². The summed E-state index contributed by atoms with van der Waals surface area (Å²) in [5, 5.41) is 13.8. The van der Waals surface area contributed by atoms with Crippen molar-refractivity contribution in [3.63, 3.8) is 0 Å². The molecule has 2 heterocycles. The van der Waals surface area contributed by atoms with Gasteiger partial charge in [0.1, 0.15) is 0 Å². The van der Waals surface area contributed by atoms with Gasteiger partial charge in [-0.15, -0.1) is 0 Å². The maximum atomic E-state index is 12.6. The zero-order chi connectivity index (χ0) is 19.3. The predicted molar refractivity (Wildman–Crippen MR) is 97.9 cm³/mol. The zero-order valence-corrected chi connectivity index (χ0v) is 15.4. The van der Waals surface area contributed by atoms with Crippen molar-refractivity contribution in [1.82, 2.24) is 4.31 Å². The molecule has 1 aliphatic heterocycles. The number of benzene rings is 1. The van der Waals surface area contributed by atoms with Crippen molar-refractivity contribution in [2.75, 3.05) is 38.2 Å². The smallest absolute Gasteiger partial charge is 0.308 e. The van der Waals surface area contributed by atoms with Gasteiger partial charge in [0.25, 0.3) is 5.82 Å². The molecule has 1 aromatic carbocycles. The topological polar surface area (TPSA) is 116 Å². The lowest BCUT2D eigenvalue weighted by molar-refractivity contribution is -0.413. The second kappa shape index (κ2) is 8.42. The lowest BCUT2D eigenvalue weighted by Gasteiger charge is -2.26. The molecule has 0 atom stereocenters. The van der Waals surface area contributed by atoms with Crippen LogP contribution in [0.25, 0.3) is 0 Å². The van der Waals surface area contributed by atoms with Crippen molar-refractivity contribution in [2.45, 2.75) is 11.3 Å². The standard InChI is InChI=1S/C17H20N4O5S/c22-21(23)15-3-6-17(19-13-15)18-8-7-14-1-4-16(5-2-14)27(24,25)20-9-11-26-12-10-20/h1-6,13H,7-12H2,(H,18,19)/p+1. The van der Waals surface area contributed by atoms with Crippen molar-refractivity contribution < 1.29 is 23.1 Å². The molecular formula is C17H21N4O5S+. The first-order valence-electron chi connectivity index (χ1n) is 8.54. The van der Waals surface area contributed by atoms with Crippen LogP contribution in [0.2, 0.25) is 0 Å². The molecule has 9 nitrogen and oxygen atoms in total. The third-order valence-corrected chi connectivity index (χ3v) is 6.18. The number of pyridine rings is 1. The number of rotatable bonds is 7. The van der Waals surface area contributed by atoms with Crippen LogP contribution in [0, 0.1) is 10.1 Å². The second-order valence-corrected chi connectivity index (χ2v) is 7.99. The van der Waals surface area contributed by atoms with Gasteiger partial charge in [-0.2, -0.15) is 4.31 Å². The van der Waals surface area contributed by atoms with E-state index in [9.17, 15) is 18.5 Å². The van der Waals surface area contributed by atoms with Crippen molar-refractivity contribution in [2.24, 2.45) is 0 Å². The van der Waals surface area contributed by atoms with Gasteiger partial charge in [-0.1, -0.05) is 12.1 Å². The highest BCUT2D eigenvalue weighted by atomic mass is 32.2. The average Bonchev–Trinajstić information content (AvgIpc) is 2.69. The summed E-state index contributed by atoms with van der Waals surface area (Å²) in [5.41, 5.74) is 0.989. The van der Waals surface area contributed by atoms with Crippen molar-refractivity contribution in [1.29, 1.82) is 0 Å². The summed E-state index contributed by atoms with van der Waals surface area (Å²) in [6.45, 7) is 2.19. The number of nitro groups is 1. The van der Waals surface area contributed by atoms with Crippen LogP contribution in [0.3, 0.4) is 0 Å². The molecule has 0 amide bonds. The van der Waals surface area contributed by atoms with E-state index in [2.05, 4.69) is 10.3 Å². The number of hydrogen-bond donors (Lipinski definition) is 1. The number of ether oxygens (including phenoxy) is 1. The van der Waals surface area contributed by atoms with Gasteiger partial charge in [0.15, 0.2) is 6.20 Å². The number of aromatic amines is 1. The molecule has 0 unspecified atom stereocenters. The number of aromatic nitrogens is 1. The molecule has 1 aromatic heterocycles. The summed E-state index contributed by atoms with van der Waals surface area (Å²) in [6, 6.07) is 9.87.